The lowest BCUT2D eigenvalue weighted by Crippen LogP contribution is -2.23. The zero-order valence-corrected chi connectivity index (χ0v) is 16.2. The highest BCUT2D eigenvalue weighted by Gasteiger charge is 2.21. The van der Waals surface area contributed by atoms with Crippen LogP contribution >= 0.6 is 0 Å². The van der Waals surface area contributed by atoms with Crippen LogP contribution in [0.2, 0.25) is 0 Å². The van der Waals surface area contributed by atoms with Crippen LogP contribution in [-0.2, 0) is 6.54 Å². The fraction of sp³-hybridized carbons (Fsp3) is 0.0870. The van der Waals surface area contributed by atoms with Gasteiger partial charge in [-0.2, -0.15) is 0 Å². The van der Waals surface area contributed by atoms with Crippen LogP contribution in [-0.4, -0.2) is 23.9 Å². The van der Waals surface area contributed by atoms with Crippen LogP contribution in [0.15, 0.2) is 77.5 Å². The molecule has 0 saturated heterocycles. The molecule has 2 amide bonds. The topological polar surface area (TPSA) is 93.5 Å². The van der Waals surface area contributed by atoms with Gasteiger partial charge in [-0.25, -0.2) is 0 Å². The van der Waals surface area contributed by atoms with Crippen LogP contribution < -0.4 is 15.4 Å². The molecular formula is C23H19N3O4. The van der Waals surface area contributed by atoms with E-state index in [0.717, 1.165) is 10.9 Å². The van der Waals surface area contributed by atoms with E-state index in [2.05, 4.69) is 15.6 Å². The molecule has 0 spiro atoms. The quantitative estimate of drug-likeness (QED) is 0.509. The van der Waals surface area contributed by atoms with Crippen LogP contribution in [0.25, 0.3) is 11.0 Å². The average Bonchev–Trinajstić information content (AvgIpc) is 3.17. The molecule has 0 radical (unpaired) electrons. The number of hydrogen-bond donors (Lipinski definition) is 2. The lowest BCUT2D eigenvalue weighted by molar-refractivity contribution is 0.0920. The molecule has 2 aromatic carbocycles. The summed E-state index contributed by atoms with van der Waals surface area (Å²) >= 11 is 0. The number of carbonyl (C=O) groups excluding carboxylic acids is 2. The maximum Gasteiger partial charge on any atom is 0.291 e. The Bertz CT molecular complexity index is 1200. The minimum absolute atomic E-state index is 0.126. The molecule has 0 fully saturated rings. The van der Waals surface area contributed by atoms with Gasteiger partial charge >= 0.3 is 0 Å². The molecule has 7 nitrogen and oxygen atoms in total. The van der Waals surface area contributed by atoms with Crippen molar-refractivity contribution < 1.29 is 18.7 Å². The van der Waals surface area contributed by atoms with Crippen molar-refractivity contribution in [2.24, 2.45) is 0 Å². The van der Waals surface area contributed by atoms with Gasteiger partial charge in [0, 0.05) is 30.2 Å². The summed E-state index contributed by atoms with van der Waals surface area (Å²) in [5.41, 5.74) is 2.55. The molecule has 2 heterocycles. The zero-order chi connectivity index (χ0) is 20.9. The highest BCUT2D eigenvalue weighted by atomic mass is 16.5. The Kier molecular flexibility index (Phi) is 5.43. The summed E-state index contributed by atoms with van der Waals surface area (Å²) in [6.07, 6.45) is 3.13. The predicted molar refractivity (Wildman–Crippen MR) is 113 cm³/mol. The van der Waals surface area contributed by atoms with Gasteiger partial charge in [0.05, 0.1) is 12.5 Å². The van der Waals surface area contributed by atoms with Crippen LogP contribution in [0.3, 0.4) is 0 Å². The first kappa shape index (κ1) is 19.2. The van der Waals surface area contributed by atoms with E-state index in [1.54, 1.807) is 42.7 Å². The highest BCUT2D eigenvalue weighted by molar-refractivity contribution is 6.04. The number of benzene rings is 2. The molecule has 0 aliphatic rings. The number of carbonyl (C=O) groups is 2. The molecule has 150 valence electrons. The van der Waals surface area contributed by atoms with Crippen molar-refractivity contribution in [3.05, 3.63) is 89.9 Å². The van der Waals surface area contributed by atoms with E-state index in [4.69, 9.17) is 9.15 Å². The van der Waals surface area contributed by atoms with Crippen molar-refractivity contribution in [1.82, 2.24) is 10.3 Å². The normalized spacial score (nSPS) is 10.6. The van der Waals surface area contributed by atoms with Crippen molar-refractivity contribution >= 4 is 28.5 Å². The van der Waals surface area contributed by atoms with Crippen molar-refractivity contribution in [2.75, 3.05) is 12.4 Å². The number of nitrogens with one attached hydrogen (secondary N) is 2. The number of pyridine rings is 1. The first-order valence-corrected chi connectivity index (χ1v) is 9.30. The molecule has 4 aromatic rings. The van der Waals surface area contributed by atoms with Gasteiger partial charge in [0.25, 0.3) is 11.8 Å². The van der Waals surface area contributed by atoms with Crippen molar-refractivity contribution in [1.29, 1.82) is 0 Å². The van der Waals surface area contributed by atoms with Crippen LogP contribution in [0, 0.1) is 0 Å². The van der Waals surface area contributed by atoms with Gasteiger partial charge < -0.3 is 19.8 Å². The number of nitrogens with zero attached hydrogens (tertiary/aromatic N) is 1. The fourth-order valence-corrected chi connectivity index (χ4v) is 3.10. The Balaban J connectivity index is 1.45. The first-order valence-electron chi connectivity index (χ1n) is 9.30. The summed E-state index contributed by atoms with van der Waals surface area (Å²) in [5, 5.41) is 6.41. The van der Waals surface area contributed by atoms with Gasteiger partial charge in [-0.1, -0.05) is 24.3 Å². The van der Waals surface area contributed by atoms with Crippen LogP contribution in [0.4, 0.5) is 5.69 Å². The molecular weight excluding hydrogens is 382 g/mol. The van der Waals surface area contributed by atoms with Crippen molar-refractivity contribution in [3.8, 4) is 5.75 Å². The highest BCUT2D eigenvalue weighted by Crippen LogP contribution is 2.32. The Labute approximate surface area is 172 Å². The first-order chi connectivity index (χ1) is 14.7. The second-order valence-electron chi connectivity index (χ2n) is 6.53. The molecule has 4 rings (SSSR count). The molecule has 30 heavy (non-hydrogen) atoms. The molecule has 2 aromatic heterocycles. The summed E-state index contributed by atoms with van der Waals surface area (Å²) in [6, 6.07) is 17.8. The van der Waals surface area contributed by atoms with Gasteiger partial charge in [-0.15, -0.1) is 0 Å². The van der Waals surface area contributed by atoms with Crippen LogP contribution in [0.5, 0.6) is 5.75 Å². The number of rotatable bonds is 6. The van der Waals surface area contributed by atoms with E-state index < -0.39 is 0 Å². The molecule has 7 heteroatoms. The van der Waals surface area contributed by atoms with Crippen LogP contribution in [0.1, 0.15) is 26.5 Å². The van der Waals surface area contributed by atoms with Gasteiger partial charge in [0.15, 0.2) is 5.75 Å². The fourth-order valence-electron chi connectivity index (χ4n) is 3.10. The summed E-state index contributed by atoms with van der Waals surface area (Å²) < 4.78 is 11.0. The molecule has 0 bridgehead atoms. The molecule has 0 aliphatic heterocycles. The lowest BCUT2D eigenvalue weighted by atomic mass is 10.2. The molecule has 0 unspecified atom stereocenters. The molecule has 2 N–H and O–H groups in total. The number of ether oxygens (including phenoxy) is 1. The average molecular weight is 401 g/mol. The minimum atomic E-state index is -0.380. The van der Waals surface area contributed by atoms with E-state index in [9.17, 15) is 9.59 Å². The van der Waals surface area contributed by atoms with Crippen molar-refractivity contribution in [3.63, 3.8) is 0 Å². The Morgan fingerprint density at radius 2 is 1.80 bits per heavy atom. The second-order valence-corrected chi connectivity index (χ2v) is 6.53. The van der Waals surface area contributed by atoms with E-state index in [-0.39, 0.29) is 24.1 Å². The molecule has 0 aliphatic carbocycles. The standard InChI is InChI=1S/C23H19N3O4/c1-29-20-18-7-2-3-8-19(18)30-21(20)23(28)25-14-15-5-4-6-17(13-15)26-22(27)16-9-11-24-12-10-16/h2-13H,14H2,1H3,(H,25,28)(H,26,27). The number of anilines is 1. The minimum Gasteiger partial charge on any atom is -0.492 e. The number of hydrogen-bond acceptors (Lipinski definition) is 5. The number of fused-ring (bicyclic) bond motifs is 1. The zero-order valence-electron chi connectivity index (χ0n) is 16.2. The smallest absolute Gasteiger partial charge is 0.291 e. The third-order valence-electron chi connectivity index (χ3n) is 4.54. The van der Waals surface area contributed by atoms with Crippen molar-refractivity contribution in [2.45, 2.75) is 6.54 Å². The van der Waals surface area contributed by atoms with Gasteiger partial charge in [0.2, 0.25) is 5.76 Å². The Hall–Kier alpha value is -4.13. The SMILES string of the molecule is COc1c(C(=O)NCc2cccc(NC(=O)c3ccncc3)c2)oc2ccccc12. The maximum atomic E-state index is 12.7. The number of methoxy groups -OCH3 is 1. The maximum absolute atomic E-state index is 12.7. The second kappa shape index (κ2) is 8.48. The third kappa shape index (κ3) is 4.00. The van der Waals surface area contributed by atoms with Gasteiger partial charge in [-0.3, -0.25) is 14.6 Å². The van der Waals surface area contributed by atoms with E-state index in [1.165, 1.54) is 7.11 Å². The largest absolute Gasteiger partial charge is 0.492 e. The third-order valence-corrected chi connectivity index (χ3v) is 4.54. The Morgan fingerprint density at radius 1 is 1.00 bits per heavy atom. The predicted octanol–water partition coefficient (Wildman–Crippen LogP) is 4.02. The summed E-state index contributed by atoms with van der Waals surface area (Å²) in [6.45, 7) is 0.262. The van der Waals surface area contributed by atoms with Gasteiger partial charge in [0.1, 0.15) is 5.58 Å². The van der Waals surface area contributed by atoms with Gasteiger partial charge in [-0.05, 0) is 42.0 Å². The summed E-state index contributed by atoms with van der Waals surface area (Å²) in [7, 11) is 1.50. The summed E-state index contributed by atoms with van der Waals surface area (Å²) in [5.74, 6) is -0.0813. The van der Waals surface area contributed by atoms with E-state index in [1.807, 2.05) is 30.3 Å². The molecule has 0 atom stereocenters. The number of furan rings is 1. The van der Waals surface area contributed by atoms with E-state index >= 15 is 0 Å². The molecule has 0 saturated carbocycles. The van der Waals surface area contributed by atoms with E-state index in [0.29, 0.717) is 22.6 Å². The lowest BCUT2D eigenvalue weighted by Gasteiger charge is -2.09. The number of para-hydroxylation sites is 1. The summed E-state index contributed by atoms with van der Waals surface area (Å²) in [4.78, 5) is 28.9. The Morgan fingerprint density at radius 3 is 2.60 bits per heavy atom. The monoisotopic (exact) mass is 401 g/mol. The number of aromatic nitrogens is 1. The number of amides is 2.